The maximum absolute atomic E-state index is 14.6. The van der Waals surface area contributed by atoms with E-state index in [0.29, 0.717) is 81.0 Å². The lowest BCUT2D eigenvalue weighted by molar-refractivity contribution is 1.04. The molecule has 0 aliphatic heterocycles. The first-order valence-electron chi connectivity index (χ1n) is 15.4. The minimum absolute atomic E-state index is 0.168. The first-order valence-corrected chi connectivity index (χ1v) is 15.4. The summed E-state index contributed by atoms with van der Waals surface area (Å²) in [6, 6.07) is 18.4. The van der Waals surface area contributed by atoms with Crippen LogP contribution >= 0.6 is 0 Å². The minimum Gasteiger partial charge on any atom is -0.339 e. The van der Waals surface area contributed by atoms with Crippen LogP contribution in [0.3, 0.4) is 0 Å². The molecule has 0 spiro atoms. The van der Waals surface area contributed by atoms with E-state index < -0.39 is 0 Å². The highest BCUT2D eigenvalue weighted by molar-refractivity contribution is 6.27. The maximum atomic E-state index is 14.6. The number of aromatic nitrogens is 4. The van der Waals surface area contributed by atoms with Crippen LogP contribution in [-0.2, 0) is 0 Å². The minimum atomic E-state index is -0.220. The molecule has 2 N–H and O–H groups in total. The highest BCUT2D eigenvalue weighted by Crippen LogP contribution is 2.40. The molecule has 46 heavy (non-hydrogen) atoms. The van der Waals surface area contributed by atoms with Crippen molar-refractivity contribution in [2.45, 2.75) is 12.8 Å². The fraction of sp³-hybridized carbons (Fsp3) is 0.0526. The molecule has 9 aromatic rings. The number of aromatic amines is 2. The maximum Gasteiger partial charge on any atom is 0.264 e. The number of imidazole rings is 2. The van der Waals surface area contributed by atoms with Crippen LogP contribution in [0.2, 0.25) is 0 Å². The average molecular weight is 595 g/mol. The third-order valence-electron chi connectivity index (χ3n) is 10.6. The molecule has 0 atom stereocenters. The summed E-state index contributed by atoms with van der Waals surface area (Å²) in [5.41, 5.74) is 2.01. The van der Waals surface area contributed by atoms with Gasteiger partial charge in [-0.25, -0.2) is 0 Å². The molecule has 0 unspecified atom stereocenters. The highest BCUT2D eigenvalue weighted by atomic mass is 16.1. The van der Waals surface area contributed by atoms with E-state index in [1.807, 2.05) is 42.5 Å². The second-order valence-electron chi connectivity index (χ2n) is 12.7. The van der Waals surface area contributed by atoms with Crippen LogP contribution in [-0.4, -0.2) is 18.8 Å². The number of benzene rings is 5. The number of nitrogens with zero attached hydrogens (tertiary/aromatic N) is 2. The topological polar surface area (TPSA) is 109 Å². The van der Waals surface area contributed by atoms with E-state index in [2.05, 4.69) is 22.1 Å². The first-order chi connectivity index (χ1) is 22.5. The third-order valence-corrected chi connectivity index (χ3v) is 10.6. The van der Waals surface area contributed by atoms with Gasteiger partial charge in [-0.15, -0.1) is 0 Å². The Labute approximate surface area is 253 Å². The third kappa shape index (κ3) is 2.27. The van der Waals surface area contributed by atoms with Gasteiger partial charge in [0.15, 0.2) is 10.9 Å². The molecule has 0 saturated heterocycles. The second-order valence-corrected chi connectivity index (χ2v) is 12.7. The van der Waals surface area contributed by atoms with Crippen LogP contribution in [0, 0.1) is 10.4 Å². The van der Waals surface area contributed by atoms with E-state index in [0.717, 1.165) is 40.0 Å². The molecule has 0 saturated carbocycles. The summed E-state index contributed by atoms with van der Waals surface area (Å²) in [7, 11) is 0. The molecular formula is C38H18N4O4. The van der Waals surface area contributed by atoms with Gasteiger partial charge in [0.05, 0.1) is 21.7 Å². The van der Waals surface area contributed by atoms with E-state index in [4.69, 9.17) is 0 Å². The zero-order chi connectivity index (χ0) is 30.3. The lowest BCUT2D eigenvalue weighted by atomic mass is 9.85. The standard InChI is InChI=1S/C38H18N4O4/c43-33-15-9-11-17-27-22(38(46)41-25-7-3-1-5-23(25)39-35(17)41)14-20-32(29(15)27)31-19(33)13-21-28-18(12-10-16(30(28)31)34(20)44)37(45)42-26-8-4-2-6-24(26)40-36(21)42/h2,4-14,39-40H,1,3H2. The molecule has 4 aromatic heterocycles. The number of H-pyrrole nitrogens is 2. The smallest absolute Gasteiger partial charge is 0.264 e. The first kappa shape index (κ1) is 23.1. The van der Waals surface area contributed by atoms with Crippen molar-refractivity contribution in [3.63, 3.8) is 0 Å². The fourth-order valence-electron chi connectivity index (χ4n) is 8.82. The van der Waals surface area contributed by atoms with Crippen LogP contribution in [0.4, 0.5) is 0 Å². The van der Waals surface area contributed by atoms with Gasteiger partial charge in [0.1, 0.15) is 11.3 Å². The molecular weight excluding hydrogens is 576 g/mol. The van der Waals surface area contributed by atoms with Crippen molar-refractivity contribution in [3.05, 3.63) is 123 Å². The Morgan fingerprint density at radius 1 is 0.522 bits per heavy atom. The van der Waals surface area contributed by atoms with E-state index in [9.17, 15) is 19.2 Å². The Hall–Kier alpha value is -6.28. The summed E-state index contributed by atoms with van der Waals surface area (Å²) in [5.74, 6) is 0. The summed E-state index contributed by atoms with van der Waals surface area (Å²) >= 11 is 0. The zero-order valence-corrected chi connectivity index (χ0v) is 23.9. The van der Waals surface area contributed by atoms with Crippen molar-refractivity contribution >= 4 is 99.1 Å². The number of para-hydroxylation sites is 2. The molecule has 12 rings (SSSR count). The molecule has 3 aliphatic rings. The van der Waals surface area contributed by atoms with Crippen molar-refractivity contribution in [1.29, 1.82) is 0 Å². The van der Waals surface area contributed by atoms with Crippen LogP contribution in [0.5, 0.6) is 0 Å². The summed E-state index contributed by atoms with van der Waals surface area (Å²) < 4.78 is 3.37. The van der Waals surface area contributed by atoms with E-state index in [1.165, 1.54) is 0 Å². The Balaban J connectivity index is 1.46. The van der Waals surface area contributed by atoms with E-state index in [-0.39, 0.29) is 22.0 Å². The number of hydrogen-bond acceptors (Lipinski definition) is 4. The van der Waals surface area contributed by atoms with Crippen molar-refractivity contribution in [1.82, 2.24) is 18.8 Å². The monoisotopic (exact) mass is 594 g/mol. The van der Waals surface area contributed by atoms with Gasteiger partial charge in [0.25, 0.3) is 11.1 Å². The number of rotatable bonds is 0. The number of pyridine rings is 2. The summed E-state index contributed by atoms with van der Waals surface area (Å²) in [4.78, 5) is 64.4. The van der Waals surface area contributed by atoms with Crippen LogP contribution in [0.25, 0.3) is 99.1 Å². The molecule has 0 fully saturated rings. The lowest BCUT2D eigenvalue weighted by Crippen LogP contribution is -2.34. The molecule has 0 radical (unpaired) electrons. The van der Waals surface area contributed by atoms with E-state index >= 15 is 0 Å². The Morgan fingerprint density at radius 2 is 1.13 bits per heavy atom. The van der Waals surface area contributed by atoms with Gasteiger partial charge >= 0.3 is 0 Å². The second kappa shape index (κ2) is 7.16. The van der Waals surface area contributed by atoms with Crippen molar-refractivity contribution in [2.24, 2.45) is 0 Å². The van der Waals surface area contributed by atoms with Gasteiger partial charge < -0.3 is 9.97 Å². The van der Waals surface area contributed by atoms with Crippen LogP contribution in [0.1, 0.15) is 12.8 Å². The predicted octanol–water partition coefficient (Wildman–Crippen LogP) is 4.19. The van der Waals surface area contributed by atoms with Gasteiger partial charge in [0.2, 0.25) is 0 Å². The molecule has 5 aromatic carbocycles. The van der Waals surface area contributed by atoms with Crippen molar-refractivity contribution in [2.75, 3.05) is 0 Å². The average Bonchev–Trinajstić information content (AvgIpc) is 3.67. The number of fused-ring (bicyclic) bond motifs is 8. The van der Waals surface area contributed by atoms with E-state index in [1.54, 1.807) is 27.0 Å². The fourth-order valence-corrected chi connectivity index (χ4v) is 8.82. The Kier molecular flexibility index (Phi) is 3.60. The number of nitrogens with one attached hydrogen (secondary N) is 2. The van der Waals surface area contributed by atoms with Crippen molar-refractivity contribution < 1.29 is 0 Å². The molecule has 8 nitrogen and oxygen atoms in total. The van der Waals surface area contributed by atoms with Gasteiger partial charge in [-0.05, 0) is 61.4 Å². The Bertz CT molecular complexity index is 3680. The summed E-state index contributed by atoms with van der Waals surface area (Å²) in [6.07, 6.45) is 5.90. The highest BCUT2D eigenvalue weighted by Gasteiger charge is 2.26. The van der Waals surface area contributed by atoms with Gasteiger partial charge in [-0.3, -0.25) is 28.0 Å². The van der Waals surface area contributed by atoms with Gasteiger partial charge in [-0.1, -0.05) is 24.3 Å². The number of hydrogen-bond donors (Lipinski definition) is 2. The predicted molar refractivity (Wildman–Crippen MR) is 182 cm³/mol. The van der Waals surface area contributed by atoms with Gasteiger partial charge in [-0.2, -0.15) is 0 Å². The largest absolute Gasteiger partial charge is 0.339 e. The summed E-state index contributed by atoms with van der Waals surface area (Å²) in [5, 5.41) is 9.88. The quantitative estimate of drug-likeness (QED) is 0.275. The Morgan fingerprint density at radius 3 is 1.91 bits per heavy atom. The SMILES string of the molecule is O=c1c2cc3c4c(ccc5c(=O)c6cc7c(=O)n8c9c([nH]c8c8ccc1c(c6=c2c54)c78)=CCCC=9)c(=O)n1c2ccccc2[nH]c31. The summed E-state index contributed by atoms with van der Waals surface area (Å²) in [6.45, 7) is 0. The van der Waals surface area contributed by atoms with Gasteiger partial charge in [0, 0.05) is 75.1 Å². The molecule has 8 heteroatoms. The lowest BCUT2D eigenvalue weighted by Gasteiger charge is -2.17. The van der Waals surface area contributed by atoms with Crippen LogP contribution < -0.4 is 32.7 Å². The molecule has 214 valence electrons. The normalized spacial score (nSPS) is 14.2. The molecule has 3 aliphatic carbocycles. The zero-order valence-electron chi connectivity index (χ0n) is 23.9. The van der Waals surface area contributed by atoms with Crippen molar-refractivity contribution in [3.8, 4) is 0 Å². The molecule has 4 heterocycles. The molecule has 0 amide bonds. The molecule has 0 bridgehead atoms. The van der Waals surface area contributed by atoms with Crippen LogP contribution in [0.15, 0.2) is 79.8 Å².